The Morgan fingerprint density at radius 3 is 2.58 bits per heavy atom. The Kier molecular flexibility index (Phi) is 5.11. The Balaban J connectivity index is 3.33. The number of sulfonamides is 1. The number of nitrogen functional groups attached to an aromatic ring is 1. The maximum Gasteiger partial charge on any atom is 0.244 e. The van der Waals surface area contributed by atoms with Crippen LogP contribution in [0.4, 0.5) is 10.1 Å². The molecular weight excluding hydrogens is 335 g/mol. The summed E-state index contributed by atoms with van der Waals surface area (Å²) >= 11 is 3.06. The van der Waals surface area contributed by atoms with E-state index in [4.69, 9.17) is 5.73 Å². The summed E-state index contributed by atoms with van der Waals surface area (Å²) in [5, 5.41) is 0. The highest BCUT2D eigenvalue weighted by molar-refractivity contribution is 9.10. The zero-order valence-electron chi connectivity index (χ0n) is 10.8. The van der Waals surface area contributed by atoms with E-state index in [9.17, 15) is 12.8 Å². The van der Waals surface area contributed by atoms with Crippen molar-refractivity contribution in [1.29, 1.82) is 0 Å². The van der Waals surface area contributed by atoms with Crippen molar-refractivity contribution in [2.45, 2.75) is 18.7 Å². The van der Waals surface area contributed by atoms with Gasteiger partial charge >= 0.3 is 0 Å². The maximum absolute atomic E-state index is 13.3. The Bertz CT molecular complexity index is 602. The second-order valence-electron chi connectivity index (χ2n) is 4.19. The molecule has 1 aromatic rings. The molecule has 4 nitrogen and oxygen atoms in total. The van der Waals surface area contributed by atoms with Gasteiger partial charge in [-0.2, -0.15) is 4.31 Å². The summed E-state index contributed by atoms with van der Waals surface area (Å²) in [7, 11) is -3.74. The van der Waals surface area contributed by atoms with E-state index in [1.165, 1.54) is 4.31 Å². The van der Waals surface area contributed by atoms with Crippen molar-refractivity contribution in [3.63, 3.8) is 0 Å². The highest BCUT2D eigenvalue weighted by atomic mass is 79.9. The third-order valence-electron chi connectivity index (χ3n) is 2.47. The molecule has 0 radical (unpaired) electrons. The van der Waals surface area contributed by atoms with Gasteiger partial charge in [-0.25, -0.2) is 12.8 Å². The van der Waals surface area contributed by atoms with E-state index in [0.717, 1.165) is 17.7 Å². The number of nitrogens with two attached hydrogens (primary N) is 1. The molecule has 0 aliphatic rings. The fourth-order valence-electron chi connectivity index (χ4n) is 1.55. The molecule has 0 aliphatic carbocycles. The third kappa shape index (κ3) is 3.55. The first-order valence-corrected chi connectivity index (χ1v) is 7.82. The van der Waals surface area contributed by atoms with Gasteiger partial charge in [0.15, 0.2) is 0 Å². The van der Waals surface area contributed by atoms with Gasteiger partial charge in [0.1, 0.15) is 5.82 Å². The number of nitrogens with zero attached hydrogens (tertiary/aromatic N) is 1. The van der Waals surface area contributed by atoms with E-state index in [-0.39, 0.29) is 21.6 Å². The monoisotopic (exact) mass is 350 g/mol. The van der Waals surface area contributed by atoms with Crippen LogP contribution in [0.2, 0.25) is 0 Å². The molecule has 0 amide bonds. The molecule has 1 rings (SSSR count). The number of hydrogen-bond donors (Lipinski definition) is 1. The van der Waals surface area contributed by atoms with E-state index in [2.05, 4.69) is 22.5 Å². The normalized spacial score (nSPS) is 11.8. The van der Waals surface area contributed by atoms with Crippen LogP contribution >= 0.6 is 15.9 Å². The summed E-state index contributed by atoms with van der Waals surface area (Å²) in [6.45, 7) is 7.67. The van der Waals surface area contributed by atoms with Gasteiger partial charge in [-0.3, -0.25) is 0 Å². The molecule has 0 fully saturated rings. The fraction of sp³-hybridized carbons (Fsp3) is 0.333. The molecule has 106 valence electrons. The minimum Gasteiger partial charge on any atom is -0.396 e. The summed E-state index contributed by atoms with van der Waals surface area (Å²) < 4.78 is 39.6. The van der Waals surface area contributed by atoms with Crippen LogP contribution in [0.15, 0.2) is 33.7 Å². The molecule has 7 heteroatoms. The molecule has 2 N–H and O–H groups in total. The first-order chi connectivity index (χ1) is 8.70. The number of benzene rings is 1. The van der Waals surface area contributed by atoms with Gasteiger partial charge in [0, 0.05) is 17.6 Å². The van der Waals surface area contributed by atoms with E-state index >= 15 is 0 Å². The molecule has 0 atom stereocenters. The van der Waals surface area contributed by atoms with Gasteiger partial charge in [-0.05, 0) is 35.0 Å². The zero-order chi connectivity index (χ0) is 14.8. The van der Waals surface area contributed by atoms with Crippen molar-refractivity contribution >= 4 is 31.6 Å². The first-order valence-electron chi connectivity index (χ1n) is 5.59. The minimum absolute atomic E-state index is 0.0468. The van der Waals surface area contributed by atoms with Gasteiger partial charge in [0.2, 0.25) is 10.0 Å². The number of rotatable bonds is 5. The van der Waals surface area contributed by atoms with Crippen molar-refractivity contribution in [3.8, 4) is 0 Å². The standard InChI is InChI=1S/C12H16BrFN2O2S/c1-4-16(7-8(2)3)19(17,18)12-6-11(15)10(14)5-9(12)13/h5-6H,2,4,7,15H2,1,3H3. The molecular formula is C12H16BrFN2O2S. The van der Waals surface area contributed by atoms with Crippen LogP contribution in [0.1, 0.15) is 13.8 Å². The molecule has 0 heterocycles. The number of hydrogen-bond acceptors (Lipinski definition) is 3. The predicted molar refractivity (Wildman–Crippen MR) is 77.8 cm³/mol. The summed E-state index contributed by atoms with van der Waals surface area (Å²) in [5.74, 6) is -0.659. The molecule has 0 aliphatic heterocycles. The third-order valence-corrected chi connectivity index (χ3v) is 5.35. The summed E-state index contributed by atoms with van der Waals surface area (Å²) in [5.41, 5.74) is 5.95. The Morgan fingerprint density at radius 2 is 2.11 bits per heavy atom. The number of likely N-dealkylation sites (N-methyl/N-ethyl adjacent to an activating group) is 1. The first kappa shape index (κ1) is 16.1. The van der Waals surface area contributed by atoms with Crippen LogP contribution in [0, 0.1) is 5.82 Å². The van der Waals surface area contributed by atoms with Crippen molar-refractivity contribution < 1.29 is 12.8 Å². The molecule has 0 unspecified atom stereocenters. The quantitative estimate of drug-likeness (QED) is 0.655. The Labute approximate surface area is 121 Å². The number of halogens is 2. The molecule has 0 bridgehead atoms. The average molecular weight is 351 g/mol. The topological polar surface area (TPSA) is 63.4 Å². The largest absolute Gasteiger partial charge is 0.396 e. The van der Waals surface area contributed by atoms with Crippen molar-refractivity contribution in [2.75, 3.05) is 18.8 Å². The van der Waals surface area contributed by atoms with Crippen molar-refractivity contribution in [2.24, 2.45) is 0 Å². The summed E-state index contributed by atoms with van der Waals surface area (Å²) in [6, 6.07) is 2.17. The lowest BCUT2D eigenvalue weighted by molar-refractivity contribution is 0.452. The van der Waals surface area contributed by atoms with Crippen LogP contribution in [0.25, 0.3) is 0 Å². The van der Waals surface area contributed by atoms with Crippen LogP contribution < -0.4 is 5.73 Å². The van der Waals surface area contributed by atoms with Crippen molar-refractivity contribution in [3.05, 3.63) is 34.6 Å². The maximum atomic E-state index is 13.3. The van der Waals surface area contributed by atoms with Crippen LogP contribution in [0.5, 0.6) is 0 Å². The highest BCUT2D eigenvalue weighted by Gasteiger charge is 2.26. The summed E-state index contributed by atoms with van der Waals surface area (Å²) in [4.78, 5) is -0.0468. The van der Waals surface area contributed by atoms with Gasteiger partial charge in [0.05, 0.1) is 10.6 Å². The Hall–Kier alpha value is -0.920. The molecule has 0 aromatic heterocycles. The lowest BCUT2D eigenvalue weighted by atomic mass is 10.3. The smallest absolute Gasteiger partial charge is 0.244 e. The van der Waals surface area contributed by atoms with E-state index in [0.29, 0.717) is 6.54 Å². The SMILES string of the molecule is C=C(C)CN(CC)S(=O)(=O)c1cc(N)c(F)cc1Br. The van der Waals surface area contributed by atoms with Crippen LogP contribution in [0.3, 0.4) is 0 Å². The lowest BCUT2D eigenvalue weighted by Gasteiger charge is -2.21. The highest BCUT2D eigenvalue weighted by Crippen LogP contribution is 2.29. The fourth-order valence-corrected chi connectivity index (χ4v) is 4.07. The number of anilines is 1. The van der Waals surface area contributed by atoms with Crippen LogP contribution in [-0.2, 0) is 10.0 Å². The lowest BCUT2D eigenvalue weighted by Crippen LogP contribution is -2.32. The predicted octanol–water partition coefficient (Wildman–Crippen LogP) is 2.76. The summed E-state index contributed by atoms with van der Waals surface area (Å²) in [6.07, 6.45) is 0. The van der Waals surface area contributed by atoms with Gasteiger partial charge in [0.25, 0.3) is 0 Å². The Morgan fingerprint density at radius 1 is 1.53 bits per heavy atom. The minimum atomic E-state index is -3.74. The van der Waals surface area contributed by atoms with Gasteiger partial charge in [-0.15, -0.1) is 0 Å². The molecule has 0 saturated heterocycles. The average Bonchev–Trinajstić information content (AvgIpc) is 2.30. The second-order valence-corrected chi connectivity index (χ2v) is 6.95. The molecule has 0 saturated carbocycles. The zero-order valence-corrected chi connectivity index (χ0v) is 13.2. The second kappa shape index (κ2) is 6.02. The van der Waals surface area contributed by atoms with Crippen molar-refractivity contribution in [1.82, 2.24) is 4.31 Å². The van der Waals surface area contributed by atoms with Gasteiger partial charge < -0.3 is 5.73 Å². The van der Waals surface area contributed by atoms with E-state index in [1.54, 1.807) is 13.8 Å². The van der Waals surface area contributed by atoms with E-state index in [1.807, 2.05) is 0 Å². The molecule has 19 heavy (non-hydrogen) atoms. The van der Waals surface area contributed by atoms with E-state index < -0.39 is 15.8 Å². The molecule has 0 spiro atoms. The van der Waals surface area contributed by atoms with Gasteiger partial charge in [-0.1, -0.05) is 19.1 Å². The van der Waals surface area contributed by atoms with Crippen LogP contribution in [-0.4, -0.2) is 25.8 Å². The molecule has 1 aromatic carbocycles.